The first-order valence-electron chi connectivity index (χ1n) is 7.87. The summed E-state index contributed by atoms with van der Waals surface area (Å²) < 4.78 is 0. The fraction of sp³-hybridized carbons (Fsp3) is 0. The lowest BCUT2D eigenvalue weighted by atomic mass is 10.1. The maximum Gasteiger partial charge on any atom is 0.335 e. The molecule has 0 bridgehead atoms. The maximum absolute atomic E-state index is 12.4. The van der Waals surface area contributed by atoms with Gasteiger partial charge in [0.2, 0.25) is 0 Å². The molecule has 0 saturated heterocycles. The van der Waals surface area contributed by atoms with Crippen LogP contribution in [0.2, 0.25) is 0 Å². The number of carboxylic acid groups (broad SMARTS) is 2. The van der Waals surface area contributed by atoms with Crippen molar-refractivity contribution < 1.29 is 24.6 Å². The molecular weight excluding hydrogens is 348 g/mol. The summed E-state index contributed by atoms with van der Waals surface area (Å²) in [6.45, 7) is 0. The molecule has 134 valence electrons. The van der Waals surface area contributed by atoms with Gasteiger partial charge in [0.15, 0.2) is 0 Å². The lowest BCUT2D eigenvalue weighted by molar-refractivity contribution is 0.0696. The van der Waals surface area contributed by atoms with E-state index in [-0.39, 0.29) is 16.8 Å². The highest BCUT2D eigenvalue weighted by molar-refractivity contribution is 6.06. The quantitative estimate of drug-likeness (QED) is 0.640. The first-order valence-corrected chi connectivity index (χ1v) is 7.87. The summed E-state index contributed by atoms with van der Waals surface area (Å²) in [5, 5.41) is 20.7. The Morgan fingerprint density at radius 1 is 0.778 bits per heavy atom. The van der Waals surface area contributed by atoms with Gasteiger partial charge in [0.25, 0.3) is 5.91 Å². The molecule has 27 heavy (non-hydrogen) atoms. The minimum Gasteiger partial charge on any atom is -0.478 e. The number of aromatic nitrogens is 1. The highest BCUT2D eigenvalue weighted by Gasteiger charge is 2.14. The molecule has 0 aliphatic heterocycles. The fourth-order valence-electron chi connectivity index (χ4n) is 2.50. The van der Waals surface area contributed by atoms with Gasteiger partial charge in [-0.05, 0) is 47.5 Å². The molecule has 0 fully saturated rings. The monoisotopic (exact) mass is 362 g/mol. The Kier molecular flexibility index (Phi) is 4.94. The van der Waals surface area contributed by atoms with Crippen molar-refractivity contribution in [2.45, 2.75) is 0 Å². The van der Waals surface area contributed by atoms with E-state index >= 15 is 0 Å². The summed E-state index contributed by atoms with van der Waals surface area (Å²) in [6.07, 6.45) is 3.38. The second-order valence-electron chi connectivity index (χ2n) is 5.68. The van der Waals surface area contributed by atoms with Gasteiger partial charge >= 0.3 is 11.9 Å². The van der Waals surface area contributed by atoms with E-state index in [1.165, 1.54) is 12.1 Å². The van der Waals surface area contributed by atoms with Crippen LogP contribution in [0.5, 0.6) is 0 Å². The molecule has 1 heterocycles. The Morgan fingerprint density at radius 2 is 1.41 bits per heavy atom. The predicted octanol–water partition coefficient (Wildman–Crippen LogP) is 3.40. The van der Waals surface area contributed by atoms with Gasteiger partial charge in [-0.3, -0.25) is 9.78 Å². The van der Waals surface area contributed by atoms with Crippen molar-refractivity contribution >= 4 is 23.5 Å². The Labute approximate surface area is 153 Å². The molecule has 0 aliphatic carbocycles. The first kappa shape index (κ1) is 17.8. The van der Waals surface area contributed by atoms with Gasteiger partial charge < -0.3 is 15.5 Å². The van der Waals surface area contributed by atoms with Crippen molar-refractivity contribution in [1.29, 1.82) is 0 Å². The predicted molar refractivity (Wildman–Crippen MR) is 98.0 cm³/mol. The second kappa shape index (κ2) is 7.49. The van der Waals surface area contributed by atoms with Gasteiger partial charge in [0.1, 0.15) is 0 Å². The molecule has 0 aliphatic rings. The Balaban J connectivity index is 1.83. The number of nitrogens with zero attached hydrogens (tertiary/aromatic N) is 1. The fourth-order valence-corrected chi connectivity index (χ4v) is 2.50. The molecule has 1 aromatic heterocycles. The summed E-state index contributed by atoms with van der Waals surface area (Å²) in [5.74, 6) is -3.05. The third kappa shape index (κ3) is 4.16. The van der Waals surface area contributed by atoms with Crippen molar-refractivity contribution in [3.8, 4) is 11.1 Å². The zero-order valence-electron chi connectivity index (χ0n) is 13.9. The Hall–Kier alpha value is -4.00. The lowest BCUT2D eigenvalue weighted by Crippen LogP contribution is -2.13. The van der Waals surface area contributed by atoms with Crippen LogP contribution >= 0.6 is 0 Å². The number of pyridine rings is 1. The smallest absolute Gasteiger partial charge is 0.335 e. The molecule has 0 spiro atoms. The molecular formula is C20H14N2O5. The van der Waals surface area contributed by atoms with Gasteiger partial charge in [-0.2, -0.15) is 0 Å². The van der Waals surface area contributed by atoms with E-state index in [1.54, 1.807) is 36.7 Å². The van der Waals surface area contributed by atoms with Crippen LogP contribution in [0.4, 0.5) is 5.69 Å². The molecule has 3 aromatic rings. The van der Waals surface area contributed by atoms with Gasteiger partial charge in [-0.25, -0.2) is 9.59 Å². The van der Waals surface area contributed by atoms with Crippen LogP contribution in [0.25, 0.3) is 11.1 Å². The highest BCUT2D eigenvalue weighted by Crippen LogP contribution is 2.20. The van der Waals surface area contributed by atoms with Crippen LogP contribution in [0, 0.1) is 0 Å². The lowest BCUT2D eigenvalue weighted by Gasteiger charge is -2.09. The number of nitrogens with one attached hydrogen (secondary N) is 1. The number of anilines is 1. The summed E-state index contributed by atoms with van der Waals surface area (Å²) in [6, 6.07) is 13.9. The van der Waals surface area contributed by atoms with Crippen LogP contribution in [-0.4, -0.2) is 33.0 Å². The van der Waals surface area contributed by atoms with Gasteiger partial charge in [0.05, 0.1) is 11.1 Å². The standard InChI is InChI=1S/C20H14N2O5/c23-18(13-5-3-12(4-6-13)14-2-1-7-21-11-14)22-17-9-15(19(24)25)8-16(10-17)20(26)27/h1-11H,(H,22,23)(H,24,25)(H,26,27). The SMILES string of the molecule is O=C(O)c1cc(NC(=O)c2ccc(-c3cccnc3)cc2)cc(C(=O)O)c1. The molecule has 0 unspecified atom stereocenters. The number of carbonyl (C=O) groups excluding carboxylic acids is 1. The average Bonchev–Trinajstić information content (AvgIpc) is 2.68. The number of amides is 1. The minimum atomic E-state index is -1.28. The summed E-state index contributed by atoms with van der Waals surface area (Å²) in [5.41, 5.74) is 1.79. The van der Waals surface area contributed by atoms with Crippen LogP contribution in [0.3, 0.4) is 0 Å². The molecule has 2 aromatic carbocycles. The summed E-state index contributed by atoms with van der Waals surface area (Å²) in [4.78, 5) is 38.7. The van der Waals surface area contributed by atoms with Gasteiger partial charge in [-0.15, -0.1) is 0 Å². The number of benzene rings is 2. The van der Waals surface area contributed by atoms with E-state index in [2.05, 4.69) is 10.3 Å². The molecule has 1 amide bonds. The van der Waals surface area contributed by atoms with E-state index < -0.39 is 17.8 Å². The number of rotatable bonds is 5. The van der Waals surface area contributed by atoms with Crippen molar-refractivity contribution in [2.75, 3.05) is 5.32 Å². The largest absolute Gasteiger partial charge is 0.478 e. The van der Waals surface area contributed by atoms with Crippen LogP contribution in [-0.2, 0) is 0 Å². The minimum absolute atomic E-state index is 0.0913. The van der Waals surface area contributed by atoms with Crippen molar-refractivity contribution in [3.63, 3.8) is 0 Å². The normalized spacial score (nSPS) is 10.2. The van der Waals surface area contributed by atoms with Crippen LogP contribution in [0.15, 0.2) is 67.0 Å². The number of carbonyl (C=O) groups is 3. The van der Waals surface area contributed by atoms with Gasteiger partial charge in [0, 0.05) is 23.6 Å². The molecule has 0 saturated carbocycles. The van der Waals surface area contributed by atoms with E-state index in [9.17, 15) is 14.4 Å². The molecule has 3 N–H and O–H groups in total. The third-order valence-electron chi connectivity index (χ3n) is 3.83. The number of hydrogen-bond acceptors (Lipinski definition) is 4. The Morgan fingerprint density at radius 3 is 1.93 bits per heavy atom. The third-order valence-corrected chi connectivity index (χ3v) is 3.83. The summed E-state index contributed by atoms with van der Waals surface area (Å²) in [7, 11) is 0. The van der Waals surface area contributed by atoms with E-state index in [4.69, 9.17) is 10.2 Å². The van der Waals surface area contributed by atoms with Gasteiger partial charge in [-0.1, -0.05) is 18.2 Å². The second-order valence-corrected chi connectivity index (χ2v) is 5.68. The van der Waals surface area contributed by atoms with E-state index in [0.717, 1.165) is 17.2 Å². The average molecular weight is 362 g/mol. The first-order chi connectivity index (χ1) is 12.9. The number of aromatic carboxylic acids is 2. The molecule has 7 nitrogen and oxygen atoms in total. The number of carboxylic acids is 2. The maximum atomic E-state index is 12.4. The van der Waals surface area contributed by atoms with Crippen LogP contribution in [0.1, 0.15) is 31.1 Å². The van der Waals surface area contributed by atoms with E-state index in [1.807, 2.05) is 12.1 Å². The topological polar surface area (TPSA) is 117 Å². The van der Waals surface area contributed by atoms with E-state index in [0.29, 0.717) is 5.56 Å². The molecule has 3 rings (SSSR count). The summed E-state index contributed by atoms with van der Waals surface area (Å²) >= 11 is 0. The van der Waals surface area contributed by atoms with Crippen molar-refractivity contribution in [3.05, 3.63) is 83.7 Å². The van der Waals surface area contributed by atoms with Crippen LogP contribution < -0.4 is 5.32 Å². The molecule has 0 atom stereocenters. The van der Waals surface area contributed by atoms with Crippen molar-refractivity contribution in [2.24, 2.45) is 0 Å². The molecule has 7 heteroatoms. The zero-order valence-corrected chi connectivity index (χ0v) is 13.9. The number of hydrogen-bond donors (Lipinski definition) is 3. The zero-order chi connectivity index (χ0) is 19.4. The highest BCUT2D eigenvalue weighted by atomic mass is 16.4. The molecule has 0 radical (unpaired) electrons. The van der Waals surface area contributed by atoms with Crippen molar-refractivity contribution in [1.82, 2.24) is 4.98 Å². The Bertz CT molecular complexity index is 982.